The van der Waals surface area contributed by atoms with E-state index >= 15 is 0 Å². The molecule has 2 N–H and O–H groups in total. The molecule has 3 rings (SSSR count). The van der Waals surface area contributed by atoms with Crippen molar-refractivity contribution in [2.24, 2.45) is 0 Å². The molecule has 0 unspecified atom stereocenters. The van der Waals surface area contributed by atoms with Gasteiger partial charge in [-0.05, 0) is 49.4 Å². The molecule has 144 valence electrons. The van der Waals surface area contributed by atoms with Crippen LogP contribution in [0.5, 0.6) is 0 Å². The maximum Gasteiger partial charge on any atom is 0.261 e. The third kappa shape index (κ3) is 4.66. The third-order valence-electron chi connectivity index (χ3n) is 3.93. The molecule has 0 aliphatic rings. The molecule has 1 aromatic heterocycles. The van der Waals surface area contributed by atoms with E-state index in [1.807, 2.05) is 0 Å². The topological polar surface area (TPSA) is 105 Å². The number of carbonyl (C=O) groups excluding carboxylic acids is 2. The smallest absolute Gasteiger partial charge is 0.261 e. The maximum absolute atomic E-state index is 12.7. The second-order valence-electron chi connectivity index (χ2n) is 6.03. The predicted molar refractivity (Wildman–Crippen MR) is 104 cm³/mol. The lowest BCUT2D eigenvalue weighted by Crippen LogP contribution is -2.23. The molecule has 8 heteroatoms. The van der Waals surface area contributed by atoms with Crippen LogP contribution in [-0.2, 0) is 16.6 Å². The van der Waals surface area contributed by atoms with Gasteiger partial charge in [0.1, 0.15) is 5.76 Å². The van der Waals surface area contributed by atoms with E-state index < -0.39 is 15.9 Å². The monoisotopic (exact) mass is 398 g/mol. The zero-order valence-corrected chi connectivity index (χ0v) is 15.8. The largest absolute Gasteiger partial charge is 0.467 e. The average molecular weight is 398 g/mol. The molecule has 28 heavy (non-hydrogen) atoms. The predicted octanol–water partition coefficient (Wildman–Crippen LogP) is 3.21. The van der Waals surface area contributed by atoms with Gasteiger partial charge in [0.2, 0.25) is 0 Å². The Morgan fingerprint density at radius 3 is 2.43 bits per heavy atom. The molecule has 2 aromatic carbocycles. The van der Waals surface area contributed by atoms with E-state index in [4.69, 9.17) is 4.42 Å². The third-order valence-corrected chi connectivity index (χ3v) is 5.31. The molecule has 3 aromatic rings. The first-order chi connectivity index (χ1) is 13.3. The number of hydrogen-bond donors (Lipinski definition) is 2. The zero-order valence-electron chi connectivity index (χ0n) is 15.0. The van der Waals surface area contributed by atoms with Gasteiger partial charge in [-0.25, -0.2) is 8.42 Å². The SMILES string of the molecule is CC(=O)c1cccc(NS(=O)(=O)c2cccc(C(=O)NCc3ccco3)c2)c1. The molecule has 1 heterocycles. The van der Waals surface area contributed by atoms with Gasteiger partial charge in [0.05, 0.1) is 17.7 Å². The van der Waals surface area contributed by atoms with Gasteiger partial charge in [-0.15, -0.1) is 0 Å². The summed E-state index contributed by atoms with van der Waals surface area (Å²) in [7, 11) is -3.93. The first-order valence-electron chi connectivity index (χ1n) is 8.39. The number of ketones is 1. The second-order valence-corrected chi connectivity index (χ2v) is 7.71. The lowest BCUT2D eigenvalue weighted by Gasteiger charge is -2.10. The molecule has 0 saturated carbocycles. The highest BCUT2D eigenvalue weighted by atomic mass is 32.2. The molecule has 0 radical (unpaired) electrons. The van der Waals surface area contributed by atoms with Crippen LogP contribution in [-0.4, -0.2) is 20.1 Å². The Bertz CT molecular complexity index is 1110. The van der Waals surface area contributed by atoms with Gasteiger partial charge in [0.25, 0.3) is 15.9 Å². The molecule has 0 saturated heterocycles. The van der Waals surface area contributed by atoms with E-state index in [9.17, 15) is 18.0 Å². The van der Waals surface area contributed by atoms with E-state index in [1.165, 1.54) is 43.5 Å². The molecule has 0 atom stereocenters. The first-order valence-corrected chi connectivity index (χ1v) is 9.88. The number of rotatable bonds is 7. The van der Waals surface area contributed by atoms with Gasteiger partial charge in [0.15, 0.2) is 5.78 Å². The lowest BCUT2D eigenvalue weighted by molar-refractivity contribution is 0.0947. The van der Waals surface area contributed by atoms with E-state index in [1.54, 1.807) is 30.3 Å². The summed E-state index contributed by atoms with van der Waals surface area (Å²) >= 11 is 0. The number of furan rings is 1. The van der Waals surface area contributed by atoms with E-state index in [0.717, 1.165) is 0 Å². The molecule has 0 aliphatic carbocycles. The Balaban J connectivity index is 1.77. The summed E-state index contributed by atoms with van der Waals surface area (Å²) in [5.41, 5.74) is 0.860. The first kappa shape index (κ1) is 19.4. The summed E-state index contributed by atoms with van der Waals surface area (Å²) in [4.78, 5) is 23.7. The number of carbonyl (C=O) groups is 2. The van der Waals surface area contributed by atoms with E-state index in [0.29, 0.717) is 11.3 Å². The minimum Gasteiger partial charge on any atom is -0.467 e. The highest BCUT2D eigenvalue weighted by Gasteiger charge is 2.17. The Morgan fingerprint density at radius 1 is 0.964 bits per heavy atom. The van der Waals surface area contributed by atoms with Crippen molar-refractivity contribution in [2.45, 2.75) is 18.4 Å². The second kappa shape index (κ2) is 8.10. The number of anilines is 1. The molecular formula is C20H18N2O5S. The van der Waals surface area contributed by atoms with Crippen molar-refractivity contribution in [3.8, 4) is 0 Å². The fraction of sp³-hybridized carbons (Fsp3) is 0.100. The summed E-state index contributed by atoms with van der Waals surface area (Å²) in [5, 5.41) is 2.66. The fourth-order valence-electron chi connectivity index (χ4n) is 2.50. The summed E-state index contributed by atoms with van der Waals surface area (Å²) in [6.45, 7) is 1.59. The number of nitrogens with one attached hydrogen (secondary N) is 2. The molecule has 0 aliphatic heterocycles. The normalized spacial score (nSPS) is 11.0. The highest BCUT2D eigenvalue weighted by Crippen LogP contribution is 2.18. The summed E-state index contributed by atoms with van der Waals surface area (Å²) in [5.74, 6) is -0.00699. The molecular weight excluding hydrogens is 380 g/mol. The van der Waals surface area contributed by atoms with Crippen molar-refractivity contribution in [1.29, 1.82) is 0 Å². The minimum absolute atomic E-state index is 0.0635. The Labute approximate surface area is 162 Å². The van der Waals surface area contributed by atoms with Crippen molar-refractivity contribution in [1.82, 2.24) is 5.32 Å². The van der Waals surface area contributed by atoms with Gasteiger partial charge in [-0.1, -0.05) is 18.2 Å². The molecule has 0 fully saturated rings. The van der Waals surface area contributed by atoms with Crippen LogP contribution in [0.15, 0.2) is 76.2 Å². The number of amides is 1. The van der Waals surface area contributed by atoms with Gasteiger partial charge in [-0.3, -0.25) is 14.3 Å². The van der Waals surface area contributed by atoms with Crippen molar-refractivity contribution >= 4 is 27.4 Å². The molecule has 7 nitrogen and oxygen atoms in total. The van der Waals surface area contributed by atoms with Crippen LogP contribution >= 0.6 is 0 Å². The fourth-order valence-corrected chi connectivity index (χ4v) is 3.60. The van der Waals surface area contributed by atoms with Gasteiger partial charge >= 0.3 is 0 Å². The average Bonchev–Trinajstić information content (AvgIpc) is 3.19. The quantitative estimate of drug-likeness (QED) is 0.595. The number of hydrogen-bond acceptors (Lipinski definition) is 5. The van der Waals surface area contributed by atoms with Crippen LogP contribution in [0.4, 0.5) is 5.69 Å². The van der Waals surface area contributed by atoms with Crippen molar-refractivity contribution in [2.75, 3.05) is 4.72 Å². The summed E-state index contributed by atoms with van der Waals surface area (Å²) in [6.07, 6.45) is 1.50. The van der Waals surface area contributed by atoms with Crippen molar-refractivity contribution < 1.29 is 22.4 Å². The van der Waals surface area contributed by atoms with Crippen molar-refractivity contribution in [3.05, 3.63) is 83.8 Å². The van der Waals surface area contributed by atoms with Crippen LogP contribution in [0.25, 0.3) is 0 Å². The van der Waals surface area contributed by atoms with Crippen molar-refractivity contribution in [3.63, 3.8) is 0 Å². The van der Waals surface area contributed by atoms with Crippen LogP contribution in [0, 0.1) is 0 Å². The van der Waals surface area contributed by atoms with E-state index in [2.05, 4.69) is 10.0 Å². The molecule has 1 amide bonds. The standard InChI is InChI=1S/C20H18N2O5S/c1-14(23)15-5-2-7-17(11-15)22-28(25,26)19-9-3-6-16(12-19)20(24)21-13-18-8-4-10-27-18/h2-12,22H,13H2,1H3,(H,21,24). The summed E-state index contributed by atoms with van der Waals surface area (Å²) < 4.78 is 32.9. The number of sulfonamides is 1. The molecule has 0 spiro atoms. The van der Waals surface area contributed by atoms with Gasteiger partial charge in [-0.2, -0.15) is 0 Å². The zero-order chi connectivity index (χ0) is 20.1. The van der Waals surface area contributed by atoms with Gasteiger partial charge < -0.3 is 9.73 Å². The molecule has 0 bridgehead atoms. The lowest BCUT2D eigenvalue weighted by atomic mass is 10.1. The minimum atomic E-state index is -3.93. The highest BCUT2D eigenvalue weighted by molar-refractivity contribution is 7.92. The maximum atomic E-state index is 12.7. The number of Topliss-reactive ketones (excluding diaryl/α,β-unsaturated/α-hetero) is 1. The number of benzene rings is 2. The Kier molecular flexibility index (Phi) is 5.60. The Hall–Kier alpha value is -3.39. The summed E-state index contributed by atoms with van der Waals surface area (Å²) in [6, 6.07) is 15.3. The van der Waals surface area contributed by atoms with Crippen LogP contribution in [0.2, 0.25) is 0 Å². The van der Waals surface area contributed by atoms with Crippen LogP contribution in [0.1, 0.15) is 33.4 Å². The van der Waals surface area contributed by atoms with Crippen LogP contribution < -0.4 is 10.0 Å². The van der Waals surface area contributed by atoms with Gasteiger partial charge in [0, 0.05) is 16.8 Å². The Morgan fingerprint density at radius 2 is 1.71 bits per heavy atom. The van der Waals surface area contributed by atoms with E-state index in [-0.39, 0.29) is 28.5 Å². The van der Waals surface area contributed by atoms with Crippen LogP contribution in [0.3, 0.4) is 0 Å².